The van der Waals surface area contributed by atoms with Crippen LogP contribution in [0.3, 0.4) is 0 Å². The monoisotopic (exact) mass is 995 g/mol. The summed E-state index contributed by atoms with van der Waals surface area (Å²) >= 11 is 0. The molecule has 0 aromatic heterocycles. The van der Waals surface area contributed by atoms with Gasteiger partial charge in [-0.3, -0.25) is 0 Å². The molecule has 0 rings (SSSR count). The molecule has 0 spiro atoms. The van der Waals surface area contributed by atoms with E-state index in [0.29, 0.717) is 11.1 Å². The van der Waals surface area contributed by atoms with Gasteiger partial charge in [0.1, 0.15) is 0 Å². The predicted molar refractivity (Wildman–Crippen MR) is 313 cm³/mol. The Kier molecular flexibility index (Phi) is 17.7. The van der Waals surface area contributed by atoms with Gasteiger partial charge in [-0.25, -0.2) is 0 Å². The maximum absolute atomic E-state index is 2.89. The fraction of sp³-hybridized carbons (Fsp3) is 1.00. The molecule has 0 radical (unpaired) electrons. The summed E-state index contributed by atoms with van der Waals surface area (Å²) in [5.74, 6) is 0. The third-order valence-corrected chi connectivity index (χ3v) is 161. The second-order valence-electron chi connectivity index (χ2n) is 34.2. The van der Waals surface area contributed by atoms with E-state index in [1.54, 1.807) is 0 Å². The van der Waals surface area contributed by atoms with Gasteiger partial charge in [-0.2, -0.15) is 0 Å². The van der Waals surface area contributed by atoms with Crippen LogP contribution < -0.4 is 0 Å². The Hall–Kier alpha value is 1.74. The molecule has 0 saturated carbocycles. The predicted octanol–water partition coefficient (Wildman–Crippen LogP) is 20.7. The summed E-state index contributed by atoms with van der Waals surface area (Å²) in [5.41, 5.74) is 1.40. The van der Waals surface area contributed by atoms with Gasteiger partial charge in [0.2, 0.25) is 0 Å². The van der Waals surface area contributed by atoms with Crippen molar-refractivity contribution in [2.24, 2.45) is 0 Å². The van der Waals surface area contributed by atoms with Gasteiger partial charge in [0, 0.05) is 0 Å². The Labute approximate surface area is 405 Å². The molecule has 0 nitrogen and oxygen atoms in total. The Morgan fingerprint density at radius 3 is 0.323 bits per heavy atom. The lowest BCUT2D eigenvalue weighted by Gasteiger charge is -2.79. The van der Waals surface area contributed by atoms with Gasteiger partial charge in [0.15, 0.2) is 0 Å². The van der Waals surface area contributed by atoms with Crippen LogP contribution in [0.25, 0.3) is 0 Å². The van der Waals surface area contributed by atoms with Crippen molar-refractivity contribution in [2.45, 2.75) is 348 Å². The Morgan fingerprint density at radius 2 is 0.274 bits per heavy atom. The molecule has 0 amide bonds. The van der Waals surface area contributed by atoms with Crippen molar-refractivity contribution in [1.82, 2.24) is 0 Å². The zero-order chi connectivity index (χ0) is 51.6. The standard InChI is InChI=1S/C54H122Si8/c1-41(2)57(59(43(5,6)7,44(8,9)10)45(11,12)13,60(46(14,15)16,47(17,18)19)48(20,21)22)55-56-58(42(3)4,61(49(23,24)25,50(26,27)28)51(29,30)31)62(52(32,33)34,53(35,36)37)54(38,39)40/h41-42H,1-40H3. The van der Waals surface area contributed by atoms with Crippen LogP contribution in [0.2, 0.25) is 71.5 Å². The maximum atomic E-state index is 2.89. The highest BCUT2D eigenvalue weighted by Crippen LogP contribution is 2.78. The zero-order valence-corrected chi connectivity index (χ0v) is 59.2. The van der Waals surface area contributed by atoms with E-state index in [4.69, 9.17) is 0 Å². The molecule has 0 N–H and O–H groups in total. The molecule has 370 valence electrons. The summed E-state index contributed by atoms with van der Waals surface area (Å²) in [7, 11) is -7.64. The summed E-state index contributed by atoms with van der Waals surface area (Å²) < 4.78 is 0. The average molecular weight is 996 g/mol. The fourth-order valence-corrected chi connectivity index (χ4v) is 291. The molecule has 0 fully saturated rings. The quantitative estimate of drug-likeness (QED) is 0.233. The van der Waals surface area contributed by atoms with Crippen LogP contribution in [0.5, 0.6) is 0 Å². The van der Waals surface area contributed by atoms with E-state index in [9.17, 15) is 0 Å². The largest absolute Gasteiger partial charge is 0.0919 e. The lowest BCUT2D eigenvalue weighted by atomic mass is 10.2. The van der Waals surface area contributed by atoms with Gasteiger partial charge < -0.3 is 0 Å². The van der Waals surface area contributed by atoms with E-state index >= 15 is 0 Å². The number of hydrogen-bond donors (Lipinski definition) is 0. The molecule has 0 atom stereocenters. The van der Waals surface area contributed by atoms with Gasteiger partial charge in [-0.05, 0) is 71.5 Å². The van der Waals surface area contributed by atoms with Crippen molar-refractivity contribution < 1.29 is 0 Å². The van der Waals surface area contributed by atoms with Crippen LogP contribution >= 0.6 is 0 Å². The molecule has 0 aliphatic carbocycles. The van der Waals surface area contributed by atoms with Gasteiger partial charge in [0.05, 0.1) is 43.6 Å². The highest BCUT2D eigenvalue weighted by Gasteiger charge is 2.85. The highest BCUT2D eigenvalue weighted by molar-refractivity contribution is 7.93. The Bertz CT molecular complexity index is 1230. The number of hydrogen-bond acceptors (Lipinski definition) is 0. The molecular formula is C54H122Si8. The van der Waals surface area contributed by atoms with E-state index in [-0.39, 0.29) is 60.5 Å². The second-order valence-corrected chi connectivity index (χ2v) is 102. The third kappa shape index (κ3) is 8.39. The topological polar surface area (TPSA) is 0 Å². The molecule has 8 heteroatoms. The smallest absolute Gasteiger partial charge is 0.0847 e. The summed E-state index contributed by atoms with van der Waals surface area (Å²) in [5, 5.41) is 2.65. The Balaban J connectivity index is 12.3. The summed E-state index contributed by atoms with van der Waals surface area (Å²) in [6.45, 7) is 108. The first-order valence-corrected chi connectivity index (χ1v) is 46.8. The van der Waals surface area contributed by atoms with Gasteiger partial charge in [0.25, 0.3) is 0 Å². The fourth-order valence-electron chi connectivity index (χ4n) is 23.8. The second kappa shape index (κ2) is 17.2. The highest BCUT2D eigenvalue weighted by atomic mass is 30.0. The lowest BCUT2D eigenvalue weighted by Crippen LogP contribution is -2.95. The molecule has 0 heterocycles. The molecule has 0 aromatic rings. The first-order chi connectivity index (χ1) is 26.1. The molecule has 0 aliphatic heterocycles. The molecular weight excluding hydrogens is 873 g/mol. The van der Waals surface area contributed by atoms with Crippen molar-refractivity contribution in [1.29, 1.82) is 0 Å². The van der Waals surface area contributed by atoms with Crippen LogP contribution in [-0.2, 0) is 0 Å². The average Bonchev–Trinajstić information content (AvgIpc) is 2.81. The molecule has 0 aliphatic rings. The van der Waals surface area contributed by atoms with Gasteiger partial charge in [-0.15, -0.1) is 0 Å². The van der Waals surface area contributed by atoms with E-state index < -0.39 is 43.6 Å². The van der Waals surface area contributed by atoms with Gasteiger partial charge >= 0.3 is 0 Å². The van der Waals surface area contributed by atoms with Crippen molar-refractivity contribution in [3.8, 4) is 0 Å². The summed E-state index contributed by atoms with van der Waals surface area (Å²) in [4.78, 5) is 0. The van der Waals surface area contributed by atoms with Gasteiger partial charge in [-0.1, -0.05) is 293 Å². The van der Waals surface area contributed by atoms with E-state index in [2.05, 4.69) is 277 Å². The lowest BCUT2D eigenvalue weighted by molar-refractivity contribution is 0.536. The number of rotatable bonds is 6. The molecule has 0 saturated heterocycles. The van der Waals surface area contributed by atoms with Crippen LogP contribution in [0.15, 0.2) is 0 Å². The van der Waals surface area contributed by atoms with Crippen molar-refractivity contribution >= 4 is 59.5 Å². The zero-order valence-electron chi connectivity index (χ0n) is 51.2. The molecule has 62 heavy (non-hydrogen) atoms. The molecule has 0 bridgehead atoms. The van der Waals surface area contributed by atoms with E-state index in [0.717, 1.165) is 15.9 Å². The van der Waals surface area contributed by atoms with Crippen molar-refractivity contribution in [3.05, 3.63) is 0 Å². The van der Waals surface area contributed by atoms with E-state index in [1.165, 1.54) is 0 Å². The van der Waals surface area contributed by atoms with E-state index in [1.807, 2.05) is 0 Å². The Morgan fingerprint density at radius 1 is 0.194 bits per heavy atom. The van der Waals surface area contributed by atoms with Crippen LogP contribution in [0.4, 0.5) is 0 Å². The van der Waals surface area contributed by atoms with Crippen LogP contribution in [0.1, 0.15) is 277 Å². The van der Waals surface area contributed by atoms with Crippen molar-refractivity contribution in [3.63, 3.8) is 0 Å². The first-order valence-electron chi connectivity index (χ1n) is 25.6. The first kappa shape index (κ1) is 63.7. The van der Waals surface area contributed by atoms with Crippen LogP contribution in [-0.4, -0.2) is 59.5 Å². The summed E-state index contributed by atoms with van der Waals surface area (Å²) in [6.07, 6.45) is 0. The van der Waals surface area contributed by atoms with Crippen LogP contribution in [0, 0.1) is 0 Å². The molecule has 0 unspecified atom stereocenters. The SMILES string of the molecule is CC(C)[Si]([Si]#[Si][Si](C(C)C)([Si](C(C)(C)C)(C(C)(C)C)C(C)(C)C)[Si](C(C)(C)C)(C(C)(C)C)C(C)(C)C)([Si](C(C)(C)C)(C(C)(C)C)C(C)(C)C)[Si](C(C)(C)C)(C(C)(C)C)C(C)(C)C. The maximum Gasteiger partial charge on any atom is 0.0919 e. The summed E-state index contributed by atoms with van der Waals surface area (Å²) in [6, 6.07) is 0. The normalized spacial score (nSPS) is 16.9. The molecule has 0 aromatic carbocycles. The third-order valence-electron chi connectivity index (χ3n) is 18.1. The van der Waals surface area contributed by atoms with Crippen molar-refractivity contribution in [2.75, 3.05) is 0 Å². The minimum atomic E-state index is -2.52. The minimum absolute atomic E-state index is 0.221. The minimum Gasteiger partial charge on any atom is -0.0847 e.